The first-order valence-electron chi connectivity index (χ1n) is 7.54. The number of nitrogens with one attached hydrogen (secondary N) is 2. The van der Waals surface area contributed by atoms with E-state index in [1.807, 2.05) is 13.0 Å². The van der Waals surface area contributed by atoms with Gasteiger partial charge in [-0.1, -0.05) is 20.8 Å². The first kappa shape index (κ1) is 18.6. The molecule has 7 heteroatoms. The zero-order chi connectivity index (χ0) is 15.7. The second-order valence-electron chi connectivity index (χ2n) is 4.83. The third kappa shape index (κ3) is 6.44. The van der Waals surface area contributed by atoms with Gasteiger partial charge in [-0.3, -0.25) is 0 Å². The van der Waals surface area contributed by atoms with E-state index in [0.29, 0.717) is 10.8 Å². The van der Waals surface area contributed by atoms with Crippen LogP contribution < -0.4 is 10.0 Å². The van der Waals surface area contributed by atoms with Crippen LogP contribution in [0.4, 0.5) is 0 Å². The molecule has 5 nitrogen and oxygen atoms in total. The second kappa shape index (κ2) is 9.53. The highest BCUT2D eigenvalue weighted by Crippen LogP contribution is 2.21. The molecule has 0 saturated carbocycles. The van der Waals surface area contributed by atoms with Gasteiger partial charge in [-0.15, -0.1) is 11.3 Å². The molecule has 21 heavy (non-hydrogen) atoms. The molecule has 0 bridgehead atoms. The summed E-state index contributed by atoms with van der Waals surface area (Å²) in [5.74, 6) is 0. The fourth-order valence-corrected chi connectivity index (χ4v) is 4.39. The minimum Gasteiger partial charge on any atom is -0.312 e. The molecule has 0 aliphatic carbocycles. The molecule has 0 aliphatic rings. The van der Waals surface area contributed by atoms with Gasteiger partial charge in [-0.2, -0.15) is 0 Å². The quantitative estimate of drug-likeness (QED) is 0.649. The molecule has 1 aromatic rings. The Bertz CT molecular complexity index is 500. The van der Waals surface area contributed by atoms with Gasteiger partial charge in [0.15, 0.2) is 0 Å². The molecule has 1 aromatic heterocycles. The van der Waals surface area contributed by atoms with Gasteiger partial charge in [-0.25, -0.2) is 13.1 Å². The van der Waals surface area contributed by atoms with Gasteiger partial charge in [0.2, 0.25) is 10.0 Å². The van der Waals surface area contributed by atoms with Crippen molar-refractivity contribution < 1.29 is 8.42 Å². The Hall–Kier alpha value is -0.470. The highest BCUT2D eigenvalue weighted by atomic mass is 32.2. The molecule has 2 N–H and O–H groups in total. The number of nitrogens with zero attached hydrogens (tertiary/aromatic N) is 1. The summed E-state index contributed by atoms with van der Waals surface area (Å²) in [6.07, 6.45) is 1.08. The topological polar surface area (TPSA) is 61.4 Å². The van der Waals surface area contributed by atoms with Crippen LogP contribution in [-0.4, -0.2) is 46.0 Å². The fourth-order valence-electron chi connectivity index (χ4n) is 2.00. The number of sulfonamides is 1. The average Bonchev–Trinajstić information content (AvgIpc) is 2.93. The van der Waals surface area contributed by atoms with E-state index in [9.17, 15) is 8.42 Å². The van der Waals surface area contributed by atoms with Crippen LogP contribution in [0.15, 0.2) is 16.3 Å². The minimum absolute atomic E-state index is 0.397. The zero-order valence-corrected chi connectivity index (χ0v) is 14.8. The lowest BCUT2D eigenvalue weighted by Crippen LogP contribution is -2.35. The van der Waals surface area contributed by atoms with Crippen LogP contribution >= 0.6 is 11.3 Å². The number of hydrogen-bond donors (Lipinski definition) is 2. The van der Waals surface area contributed by atoms with Crippen molar-refractivity contribution in [3.05, 3.63) is 17.0 Å². The Morgan fingerprint density at radius 3 is 2.57 bits per heavy atom. The summed E-state index contributed by atoms with van der Waals surface area (Å²) < 4.78 is 27.5. The SMILES string of the molecule is CCCN(CC)CCNS(=O)(=O)c1ccc(CNCC)s1. The Labute approximate surface area is 132 Å². The largest absolute Gasteiger partial charge is 0.312 e. The van der Waals surface area contributed by atoms with Crippen LogP contribution in [0.3, 0.4) is 0 Å². The summed E-state index contributed by atoms with van der Waals surface area (Å²) in [5, 5.41) is 3.20. The maximum atomic E-state index is 12.2. The van der Waals surface area contributed by atoms with E-state index in [0.717, 1.165) is 44.0 Å². The lowest BCUT2D eigenvalue weighted by Gasteiger charge is -2.19. The highest BCUT2D eigenvalue weighted by molar-refractivity contribution is 7.91. The van der Waals surface area contributed by atoms with Gasteiger partial charge in [0.1, 0.15) is 4.21 Å². The van der Waals surface area contributed by atoms with Gasteiger partial charge in [0, 0.05) is 24.5 Å². The van der Waals surface area contributed by atoms with E-state index in [-0.39, 0.29) is 0 Å². The van der Waals surface area contributed by atoms with E-state index in [1.54, 1.807) is 6.07 Å². The van der Waals surface area contributed by atoms with Crippen LogP contribution in [-0.2, 0) is 16.6 Å². The lowest BCUT2D eigenvalue weighted by atomic mass is 10.4. The molecule has 122 valence electrons. The van der Waals surface area contributed by atoms with Crippen LogP contribution in [0.25, 0.3) is 0 Å². The van der Waals surface area contributed by atoms with Gasteiger partial charge in [-0.05, 0) is 38.2 Å². The third-order valence-electron chi connectivity index (χ3n) is 3.16. The van der Waals surface area contributed by atoms with E-state index < -0.39 is 10.0 Å². The van der Waals surface area contributed by atoms with Crippen molar-refractivity contribution in [3.63, 3.8) is 0 Å². The molecule has 0 aromatic carbocycles. The van der Waals surface area contributed by atoms with Crippen molar-refractivity contribution in [1.29, 1.82) is 0 Å². The molecular weight excluding hydrogens is 306 g/mol. The number of thiophene rings is 1. The van der Waals surface area contributed by atoms with Crippen LogP contribution in [0.1, 0.15) is 32.1 Å². The van der Waals surface area contributed by atoms with E-state index in [4.69, 9.17) is 0 Å². The molecule has 0 amide bonds. The molecule has 0 aliphatic heterocycles. The van der Waals surface area contributed by atoms with E-state index in [1.165, 1.54) is 11.3 Å². The van der Waals surface area contributed by atoms with Crippen molar-refractivity contribution in [2.75, 3.05) is 32.7 Å². The Morgan fingerprint density at radius 2 is 1.95 bits per heavy atom. The van der Waals surface area contributed by atoms with E-state index >= 15 is 0 Å². The van der Waals surface area contributed by atoms with Crippen LogP contribution in [0.5, 0.6) is 0 Å². The lowest BCUT2D eigenvalue weighted by molar-refractivity contribution is 0.293. The van der Waals surface area contributed by atoms with Gasteiger partial charge < -0.3 is 10.2 Å². The molecular formula is C14H27N3O2S2. The summed E-state index contributed by atoms with van der Waals surface area (Å²) in [7, 11) is -3.37. The summed E-state index contributed by atoms with van der Waals surface area (Å²) in [6.45, 7) is 11.0. The molecule has 0 unspecified atom stereocenters. The highest BCUT2D eigenvalue weighted by Gasteiger charge is 2.16. The van der Waals surface area contributed by atoms with Gasteiger partial charge in [0.25, 0.3) is 0 Å². The molecule has 1 rings (SSSR count). The predicted octanol–water partition coefficient (Wildman–Crippen LogP) is 1.87. The van der Waals surface area contributed by atoms with Crippen LogP contribution in [0, 0.1) is 0 Å². The maximum absolute atomic E-state index is 12.2. The first-order valence-corrected chi connectivity index (χ1v) is 9.84. The predicted molar refractivity (Wildman–Crippen MR) is 89.3 cm³/mol. The standard InChI is InChI=1S/C14H27N3O2S2/c1-4-10-17(6-3)11-9-16-21(18,19)14-8-7-13(20-14)12-15-5-2/h7-8,15-16H,4-6,9-12H2,1-3H3. The molecule has 0 saturated heterocycles. The molecule has 0 atom stereocenters. The fraction of sp³-hybridized carbons (Fsp3) is 0.714. The summed E-state index contributed by atoms with van der Waals surface area (Å²) in [4.78, 5) is 3.28. The van der Waals surface area contributed by atoms with Crippen molar-refractivity contribution in [2.24, 2.45) is 0 Å². The van der Waals surface area contributed by atoms with Crippen molar-refractivity contribution in [3.8, 4) is 0 Å². The van der Waals surface area contributed by atoms with Crippen molar-refractivity contribution in [1.82, 2.24) is 14.9 Å². The smallest absolute Gasteiger partial charge is 0.250 e. The van der Waals surface area contributed by atoms with Gasteiger partial charge in [0.05, 0.1) is 0 Å². The van der Waals surface area contributed by atoms with Crippen LogP contribution in [0.2, 0.25) is 0 Å². The minimum atomic E-state index is -3.37. The average molecular weight is 334 g/mol. The summed E-state index contributed by atoms with van der Waals surface area (Å²) in [5.41, 5.74) is 0. The zero-order valence-electron chi connectivity index (χ0n) is 13.2. The summed E-state index contributed by atoms with van der Waals surface area (Å²) >= 11 is 1.33. The molecule has 0 radical (unpaired) electrons. The van der Waals surface area contributed by atoms with Crippen molar-refractivity contribution in [2.45, 2.75) is 37.9 Å². The maximum Gasteiger partial charge on any atom is 0.250 e. The Morgan fingerprint density at radius 1 is 1.19 bits per heavy atom. The first-order chi connectivity index (χ1) is 10.0. The van der Waals surface area contributed by atoms with E-state index in [2.05, 4.69) is 28.8 Å². The molecule has 1 heterocycles. The van der Waals surface area contributed by atoms with Gasteiger partial charge >= 0.3 is 0 Å². The summed E-state index contributed by atoms with van der Waals surface area (Å²) in [6, 6.07) is 3.56. The molecule has 0 fully saturated rings. The Kier molecular flexibility index (Phi) is 8.43. The molecule has 0 spiro atoms. The normalized spacial score (nSPS) is 12.2. The monoisotopic (exact) mass is 333 g/mol. The number of hydrogen-bond acceptors (Lipinski definition) is 5. The third-order valence-corrected chi connectivity index (χ3v) is 6.20. The van der Waals surface area contributed by atoms with Crippen molar-refractivity contribution >= 4 is 21.4 Å². The second-order valence-corrected chi connectivity index (χ2v) is 8.00. The Balaban J connectivity index is 2.51. The number of rotatable bonds is 11. The number of likely N-dealkylation sites (N-methyl/N-ethyl adjacent to an activating group) is 1.